The SMILES string of the molecule is Clc1ccc(/C=C/c2cc(OCCc3ccncc3)ccc2OCCCNCC2CNC2)c(Br)c1. The van der Waals surface area contributed by atoms with Gasteiger partial charge in [-0.15, -0.1) is 0 Å². The number of hydrogen-bond donors (Lipinski definition) is 2. The monoisotopic (exact) mass is 555 g/mol. The molecule has 0 atom stereocenters. The van der Waals surface area contributed by atoms with Crippen LogP contribution in [0.1, 0.15) is 23.1 Å². The van der Waals surface area contributed by atoms with Gasteiger partial charge in [-0.3, -0.25) is 4.98 Å². The average molecular weight is 557 g/mol. The minimum absolute atomic E-state index is 0.596. The molecule has 2 aromatic carbocycles. The molecule has 1 aliphatic heterocycles. The highest BCUT2D eigenvalue weighted by Gasteiger charge is 2.15. The lowest BCUT2D eigenvalue weighted by molar-refractivity contribution is 0.294. The Labute approximate surface area is 221 Å². The van der Waals surface area contributed by atoms with Crippen molar-refractivity contribution in [1.82, 2.24) is 15.6 Å². The van der Waals surface area contributed by atoms with Gasteiger partial charge >= 0.3 is 0 Å². The average Bonchev–Trinajstić information content (AvgIpc) is 2.83. The molecule has 2 heterocycles. The molecule has 0 spiro atoms. The van der Waals surface area contributed by atoms with Crippen molar-refractivity contribution < 1.29 is 9.47 Å². The molecular formula is C28H31BrClN3O2. The lowest BCUT2D eigenvalue weighted by Gasteiger charge is -2.27. The van der Waals surface area contributed by atoms with E-state index in [1.807, 2.05) is 48.5 Å². The Morgan fingerprint density at radius 2 is 1.83 bits per heavy atom. The van der Waals surface area contributed by atoms with Crippen LogP contribution in [0.5, 0.6) is 11.5 Å². The molecular weight excluding hydrogens is 526 g/mol. The van der Waals surface area contributed by atoms with Gasteiger partial charge in [0.15, 0.2) is 0 Å². The summed E-state index contributed by atoms with van der Waals surface area (Å²) in [6, 6.07) is 15.8. The molecule has 0 saturated carbocycles. The predicted molar refractivity (Wildman–Crippen MR) is 147 cm³/mol. The summed E-state index contributed by atoms with van der Waals surface area (Å²) in [6.07, 6.45) is 9.50. The van der Waals surface area contributed by atoms with Crippen molar-refractivity contribution in [3.63, 3.8) is 0 Å². The smallest absolute Gasteiger partial charge is 0.126 e. The number of ether oxygens (including phenoxy) is 2. The minimum Gasteiger partial charge on any atom is -0.493 e. The van der Waals surface area contributed by atoms with Gasteiger partial charge in [0.2, 0.25) is 0 Å². The molecule has 0 unspecified atom stereocenters. The summed E-state index contributed by atoms with van der Waals surface area (Å²) in [5, 5.41) is 7.52. The van der Waals surface area contributed by atoms with Crippen LogP contribution in [-0.4, -0.2) is 44.4 Å². The van der Waals surface area contributed by atoms with Crippen molar-refractivity contribution in [3.05, 3.63) is 87.1 Å². The lowest BCUT2D eigenvalue weighted by Crippen LogP contribution is -2.47. The molecule has 0 amide bonds. The van der Waals surface area contributed by atoms with Crippen molar-refractivity contribution >= 4 is 39.7 Å². The van der Waals surface area contributed by atoms with Gasteiger partial charge in [-0.05, 0) is 72.5 Å². The Kier molecular flexibility index (Phi) is 10.0. The maximum absolute atomic E-state index is 6.15. The normalized spacial score (nSPS) is 13.7. The predicted octanol–water partition coefficient (Wildman–Crippen LogP) is 5.87. The minimum atomic E-state index is 0.596. The zero-order chi connectivity index (χ0) is 24.3. The second-order valence-electron chi connectivity index (χ2n) is 8.58. The van der Waals surface area contributed by atoms with Gasteiger partial charge in [0.05, 0.1) is 13.2 Å². The first-order chi connectivity index (χ1) is 17.2. The summed E-state index contributed by atoms with van der Waals surface area (Å²) >= 11 is 9.68. The van der Waals surface area contributed by atoms with Gasteiger partial charge in [0, 0.05) is 53.5 Å². The van der Waals surface area contributed by atoms with E-state index in [2.05, 4.69) is 43.7 Å². The maximum atomic E-state index is 6.15. The Hall–Kier alpha value is -2.38. The molecule has 184 valence electrons. The van der Waals surface area contributed by atoms with E-state index in [0.29, 0.717) is 18.2 Å². The summed E-state index contributed by atoms with van der Waals surface area (Å²) in [4.78, 5) is 4.06. The van der Waals surface area contributed by atoms with Crippen molar-refractivity contribution in [2.45, 2.75) is 12.8 Å². The van der Waals surface area contributed by atoms with Crippen LogP contribution in [0.2, 0.25) is 5.02 Å². The highest BCUT2D eigenvalue weighted by atomic mass is 79.9. The Morgan fingerprint density at radius 1 is 1.00 bits per heavy atom. The van der Waals surface area contributed by atoms with Crippen LogP contribution < -0.4 is 20.1 Å². The van der Waals surface area contributed by atoms with Crippen LogP contribution in [-0.2, 0) is 6.42 Å². The van der Waals surface area contributed by atoms with Gasteiger partial charge < -0.3 is 20.1 Å². The van der Waals surface area contributed by atoms with E-state index < -0.39 is 0 Å². The largest absolute Gasteiger partial charge is 0.493 e. The van der Waals surface area contributed by atoms with Gasteiger partial charge in [-0.25, -0.2) is 0 Å². The van der Waals surface area contributed by atoms with Crippen molar-refractivity contribution in [2.75, 3.05) is 39.4 Å². The summed E-state index contributed by atoms with van der Waals surface area (Å²) in [7, 11) is 0. The van der Waals surface area contributed by atoms with Crippen LogP contribution >= 0.6 is 27.5 Å². The third kappa shape index (κ3) is 8.36. The first-order valence-electron chi connectivity index (χ1n) is 12.0. The molecule has 4 rings (SSSR count). The van der Waals surface area contributed by atoms with Crippen LogP contribution in [0, 0.1) is 5.92 Å². The zero-order valence-electron chi connectivity index (χ0n) is 19.7. The van der Waals surface area contributed by atoms with Gasteiger partial charge in [-0.1, -0.05) is 45.7 Å². The Morgan fingerprint density at radius 3 is 2.60 bits per heavy atom. The fourth-order valence-electron chi connectivity index (χ4n) is 3.71. The van der Waals surface area contributed by atoms with Gasteiger partial charge in [0.1, 0.15) is 11.5 Å². The molecule has 1 fully saturated rings. The molecule has 2 N–H and O–H groups in total. The maximum Gasteiger partial charge on any atom is 0.126 e. The van der Waals surface area contributed by atoms with E-state index in [0.717, 1.165) is 72.0 Å². The zero-order valence-corrected chi connectivity index (χ0v) is 22.0. The fourth-order valence-corrected chi connectivity index (χ4v) is 4.52. The van der Waals surface area contributed by atoms with E-state index in [-0.39, 0.29) is 0 Å². The highest BCUT2D eigenvalue weighted by Crippen LogP contribution is 2.29. The third-order valence-corrected chi connectivity index (χ3v) is 6.77. The molecule has 5 nitrogen and oxygen atoms in total. The van der Waals surface area contributed by atoms with Gasteiger partial charge in [0.25, 0.3) is 0 Å². The molecule has 1 aromatic heterocycles. The molecule has 7 heteroatoms. The molecule has 0 aliphatic carbocycles. The summed E-state index contributed by atoms with van der Waals surface area (Å²) < 4.78 is 13.1. The topological polar surface area (TPSA) is 55.4 Å². The second kappa shape index (κ2) is 13.6. The number of benzene rings is 2. The van der Waals surface area contributed by atoms with E-state index in [1.165, 1.54) is 5.56 Å². The van der Waals surface area contributed by atoms with E-state index >= 15 is 0 Å². The van der Waals surface area contributed by atoms with E-state index in [4.69, 9.17) is 21.1 Å². The van der Waals surface area contributed by atoms with E-state index in [1.54, 1.807) is 12.4 Å². The molecule has 3 aromatic rings. The number of halogens is 2. The Balaban J connectivity index is 1.37. The van der Waals surface area contributed by atoms with Crippen molar-refractivity contribution in [2.24, 2.45) is 5.92 Å². The fraction of sp³-hybridized carbons (Fsp3) is 0.321. The summed E-state index contributed by atoms with van der Waals surface area (Å²) in [5.41, 5.74) is 3.22. The molecule has 0 radical (unpaired) electrons. The molecule has 1 saturated heterocycles. The van der Waals surface area contributed by atoms with Crippen LogP contribution in [0.25, 0.3) is 12.2 Å². The van der Waals surface area contributed by atoms with E-state index in [9.17, 15) is 0 Å². The first kappa shape index (κ1) is 25.7. The number of pyridine rings is 1. The second-order valence-corrected chi connectivity index (χ2v) is 9.87. The number of nitrogens with zero attached hydrogens (tertiary/aromatic N) is 1. The van der Waals surface area contributed by atoms with Crippen LogP contribution in [0.15, 0.2) is 65.4 Å². The quantitative estimate of drug-likeness (QED) is 0.204. The third-order valence-electron chi connectivity index (χ3n) is 5.85. The highest BCUT2D eigenvalue weighted by molar-refractivity contribution is 9.10. The first-order valence-corrected chi connectivity index (χ1v) is 13.2. The number of hydrogen-bond acceptors (Lipinski definition) is 5. The van der Waals surface area contributed by atoms with Gasteiger partial charge in [-0.2, -0.15) is 0 Å². The Bertz CT molecular complexity index is 1110. The molecule has 1 aliphatic rings. The van der Waals surface area contributed by atoms with Crippen LogP contribution in [0.4, 0.5) is 0 Å². The van der Waals surface area contributed by atoms with Crippen molar-refractivity contribution in [3.8, 4) is 11.5 Å². The standard InChI is InChI=1S/C28H31BrClN3O2/c29-27-17-25(30)5-4-23(27)2-3-24-16-26(34-15-10-21-8-12-31-13-9-21)6-7-28(24)35-14-1-11-32-18-22-19-33-20-22/h2-9,12-13,16-17,22,32-33H,1,10-11,14-15,18-20H2/b3-2+. The number of aromatic nitrogens is 1. The number of nitrogens with one attached hydrogen (secondary N) is 2. The lowest BCUT2D eigenvalue weighted by atomic mass is 10.0. The molecule has 35 heavy (non-hydrogen) atoms. The summed E-state index contributed by atoms with van der Waals surface area (Å²) in [5.74, 6) is 2.43. The van der Waals surface area contributed by atoms with Crippen molar-refractivity contribution in [1.29, 1.82) is 0 Å². The summed E-state index contributed by atoms with van der Waals surface area (Å²) in [6.45, 7) is 5.53. The van der Waals surface area contributed by atoms with Crippen LogP contribution in [0.3, 0.4) is 0 Å². The molecule has 0 bridgehead atoms. The number of rotatable bonds is 13.